The van der Waals surface area contributed by atoms with E-state index in [1.165, 1.54) is 10.8 Å². The fraction of sp³-hybridized carbons (Fsp3) is 0.727. The Hall–Kier alpha value is -1.08. The Labute approximate surface area is 103 Å². The van der Waals surface area contributed by atoms with E-state index < -0.39 is 11.8 Å². The highest BCUT2D eigenvalue weighted by Crippen LogP contribution is 2.39. The summed E-state index contributed by atoms with van der Waals surface area (Å²) >= 11 is 0. The van der Waals surface area contributed by atoms with E-state index in [0.29, 0.717) is 25.2 Å². The van der Waals surface area contributed by atoms with Crippen LogP contribution in [0.4, 0.5) is 13.2 Å². The van der Waals surface area contributed by atoms with Gasteiger partial charge in [-0.3, -0.25) is 0 Å². The van der Waals surface area contributed by atoms with Gasteiger partial charge >= 0.3 is 6.18 Å². The summed E-state index contributed by atoms with van der Waals surface area (Å²) in [7, 11) is 0. The zero-order valence-electron chi connectivity index (χ0n) is 10.3. The second-order valence-electron chi connectivity index (χ2n) is 4.71. The van der Waals surface area contributed by atoms with E-state index in [2.05, 4.69) is 10.3 Å². The first-order valence-corrected chi connectivity index (χ1v) is 5.85. The smallest absolute Gasteiger partial charge is 0.374 e. The molecule has 7 heteroatoms. The number of rotatable bonds is 2. The number of nitrogens with one attached hydrogen (secondary N) is 1. The molecule has 1 aromatic heterocycles. The summed E-state index contributed by atoms with van der Waals surface area (Å²) in [4.78, 5) is 3.79. The maximum Gasteiger partial charge on any atom is 0.424 e. The van der Waals surface area contributed by atoms with E-state index in [4.69, 9.17) is 0 Å². The zero-order chi connectivity index (χ0) is 13.6. The molecule has 2 heterocycles. The molecular weight excluding hydrogens is 247 g/mol. The standard InChI is InChI=1S/C11H16F3N3O/c1-3-7-4-15-5-8-6-16-9(17(7)8)10(2,18)11(12,13)14/h6-7,15,18H,3-5H2,1-2H3/t7-,10+/m0/s1. The van der Waals surface area contributed by atoms with Crippen LogP contribution in [0.25, 0.3) is 0 Å². The monoisotopic (exact) mass is 263 g/mol. The second-order valence-corrected chi connectivity index (χ2v) is 4.71. The molecule has 0 aromatic carbocycles. The first-order chi connectivity index (χ1) is 8.29. The Morgan fingerprint density at radius 2 is 2.22 bits per heavy atom. The maximum atomic E-state index is 12.9. The van der Waals surface area contributed by atoms with Crippen molar-refractivity contribution >= 4 is 0 Å². The van der Waals surface area contributed by atoms with Crippen LogP contribution in [0.2, 0.25) is 0 Å². The molecule has 0 spiro atoms. The molecule has 1 aliphatic rings. The van der Waals surface area contributed by atoms with Crippen LogP contribution in [0, 0.1) is 0 Å². The Bertz CT molecular complexity index is 439. The molecule has 0 amide bonds. The van der Waals surface area contributed by atoms with Crippen LogP contribution >= 0.6 is 0 Å². The van der Waals surface area contributed by atoms with Crippen molar-refractivity contribution in [2.45, 2.75) is 44.6 Å². The molecule has 1 aromatic rings. The first-order valence-electron chi connectivity index (χ1n) is 5.85. The lowest BCUT2D eigenvalue weighted by Crippen LogP contribution is -2.44. The Balaban J connectivity index is 2.51. The van der Waals surface area contributed by atoms with Crippen LogP contribution in [0.5, 0.6) is 0 Å². The minimum absolute atomic E-state index is 0.111. The molecule has 0 saturated heterocycles. The van der Waals surface area contributed by atoms with Gasteiger partial charge in [0.1, 0.15) is 0 Å². The normalized spacial score (nSPS) is 23.6. The predicted octanol–water partition coefficient (Wildman–Crippen LogP) is 1.71. The minimum atomic E-state index is -4.74. The van der Waals surface area contributed by atoms with Crippen molar-refractivity contribution in [3.05, 3.63) is 17.7 Å². The van der Waals surface area contributed by atoms with Crippen molar-refractivity contribution in [1.82, 2.24) is 14.9 Å². The zero-order valence-corrected chi connectivity index (χ0v) is 10.3. The number of fused-ring (bicyclic) bond motifs is 1. The van der Waals surface area contributed by atoms with Gasteiger partial charge in [-0.1, -0.05) is 6.92 Å². The maximum absolute atomic E-state index is 12.9. The third-order valence-electron chi connectivity index (χ3n) is 3.38. The number of imidazole rings is 1. The lowest BCUT2D eigenvalue weighted by molar-refractivity contribution is -0.263. The van der Waals surface area contributed by atoms with Crippen molar-refractivity contribution < 1.29 is 18.3 Å². The molecule has 102 valence electrons. The quantitative estimate of drug-likeness (QED) is 0.854. The molecule has 0 unspecified atom stereocenters. The lowest BCUT2D eigenvalue weighted by atomic mass is 10.0. The lowest BCUT2D eigenvalue weighted by Gasteiger charge is -2.32. The van der Waals surface area contributed by atoms with Crippen LogP contribution in [0.1, 0.15) is 37.8 Å². The molecule has 2 atom stereocenters. The topological polar surface area (TPSA) is 50.1 Å². The minimum Gasteiger partial charge on any atom is -0.374 e. The highest BCUT2D eigenvalue weighted by molar-refractivity contribution is 5.16. The molecule has 2 rings (SSSR count). The highest BCUT2D eigenvalue weighted by Gasteiger charge is 2.54. The van der Waals surface area contributed by atoms with Crippen molar-refractivity contribution in [2.75, 3.05) is 6.54 Å². The molecule has 18 heavy (non-hydrogen) atoms. The van der Waals surface area contributed by atoms with E-state index in [1.807, 2.05) is 6.92 Å². The van der Waals surface area contributed by atoms with Gasteiger partial charge in [0.05, 0.1) is 5.69 Å². The van der Waals surface area contributed by atoms with Gasteiger partial charge in [0.15, 0.2) is 5.82 Å². The molecular formula is C11H16F3N3O. The third kappa shape index (κ3) is 1.91. The summed E-state index contributed by atoms with van der Waals surface area (Å²) in [6.45, 7) is 3.70. The summed E-state index contributed by atoms with van der Waals surface area (Å²) in [5, 5.41) is 12.9. The van der Waals surface area contributed by atoms with Gasteiger partial charge in [0, 0.05) is 25.3 Å². The van der Waals surface area contributed by atoms with Crippen molar-refractivity contribution in [2.24, 2.45) is 0 Å². The number of nitrogens with zero attached hydrogens (tertiary/aromatic N) is 2. The van der Waals surface area contributed by atoms with Crippen LogP contribution in [-0.4, -0.2) is 27.4 Å². The van der Waals surface area contributed by atoms with Gasteiger partial charge in [0.25, 0.3) is 0 Å². The predicted molar refractivity (Wildman–Crippen MR) is 58.9 cm³/mol. The molecule has 0 fully saturated rings. The van der Waals surface area contributed by atoms with Gasteiger partial charge in [-0.15, -0.1) is 0 Å². The van der Waals surface area contributed by atoms with E-state index >= 15 is 0 Å². The molecule has 0 bridgehead atoms. The van der Waals surface area contributed by atoms with Crippen molar-refractivity contribution in [3.63, 3.8) is 0 Å². The highest BCUT2D eigenvalue weighted by atomic mass is 19.4. The number of alkyl halides is 3. The molecule has 2 N–H and O–H groups in total. The number of aliphatic hydroxyl groups is 1. The summed E-state index contributed by atoms with van der Waals surface area (Å²) in [5.41, 5.74) is -2.25. The van der Waals surface area contributed by atoms with Gasteiger partial charge in [-0.2, -0.15) is 13.2 Å². The van der Waals surface area contributed by atoms with Crippen molar-refractivity contribution in [3.8, 4) is 0 Å². The van der Waals surface area contributed by atoms with Gasteiger partial charge in [-0.25, -0.2) is 4.98 Å². The SMILES string of the molecule is CC[C@H]1CNCc2cnc([C@@](C)(O)C(F)(F)F)n21. The summed E-state index contributed by atoms with van der Waals surface area (Å²) < 4.78 is 40.2. The number of hydrogen-bond acceptors (Lipinski definition) is 3. The number of aromatic nitrogens is 2. The van der Waals surface area contributed by atoms with Crippen LogP contribution in [0.3, 0.4) is 0 Å². The largest absolute Gasteiger partial charge is 0.424 e. The fourth-order valence-electron chi connectivity index (χ4n) is 2.21. The van der Waals surface area contributed by atoms with Gasteiger partial charge in [0.2, 0.25) is 5.60 Å². The van der Waals surface area contributed by atoms with Crippen LogP contribution in [-0.2, 0) is 12.1 Å². The van der Waals surface area contributed by atoms with Crippen molar-refractivity contribution in [1.29, 1.82) is 0 Å². The van der Waals surface area contributed by atoms with Crippen LogP contribution < -0.4 is 5.32 Å². The fourth-order valence-corrected chi connectivity index (χ4v) is 2.21. The third-order valence-corrected chi connectivity index (χ3v) is 3.38. The number of hydrogen-bond donors (Lipinski definition) is 2. The molecule has 0 aliphatic carbocycles. The summed E-state index contributed by atoms with van der Waals surface area (Å²) in [6, 6.07) is -0.111. The molecule has 0 radical (unpaired) electrons. The Morgan fingerprint density at radius 1 is 1.56 bits per heavy atom. The van der Waals surface area contributed by atoms with Gasteiger partial charge in [-0.05, 0) is 13.3 Å². The van der Waals surface area contributed by atoms with E-state index in [-0.39, 0.29) is 11.9 Å². The van der Waals surface area contributed by atoms with E-state index in [9.17, 15) is 18.3 Å². The second kappa shape index (κ2) is 4.24. The Morgan fingerprint density at radius 3 is 2.78 bits per heavy atom. The molecule has 4 nitrogen and oxygen atoms in total. The molecule has 1 aliphatic heterocycles. The average Bonchev–Trinajstić information content (AvgIpc) is 2.71. The first kappa shape index (κ1) is 13.4. The van der Waals surface area contributed by atoms with Gasteiger partial charge < -0.3 is 15.0 Å². The molecule has 0 saturated carbocycles. The van der Waals surface area contributed by atoms with E-state index in [0.717, 1.165) is 6.92 Å². The van der Waals surface area contributed by atoms with E-state index in [1.54, 1.807) is 0 Å². The Kier molecular flexibility index (Phi) is 3.14. The average molecular weight is 263 g/mol. The summed E-state index contributed by atoms with van der Waals surface area (Å²) in [5.74, 6) is -0.321. The summed E-state index contributed by atoms with van der Waals surface area (Å²) in [6.07, 6.45) is -2.67. The van der Waals surface area contributed by atoms with Crippen LogP contribution in [0.15, 0.2) is 6.20 Å². The number of halogens is 3.